The predicted octanol–water partition coefficient (Wildman–Crippen LogP) is 0.911. The number of hydrogen-bond acceptors (Lipinski definition) is 4. The zero-order valence-corrected chi connectivity index (χ0v) is 10.9. The minimum absolute atomic E-state index is 0.181. The van der Waals surface area contributed by atoms with Crippen molar-refractivity contribution >= 4 is 5.97 Å². The van der Waals surface area contributed by atoms with Gasteiger partial charge in [-0.25, -0.2) is 0 Å². The Balaban J connectivity index is 2.16. The lowest BCUT2D eigenvalue weighted by Gasteiger charge is -2.24. The molecule has 17 heavy (non-hydrogen) atoms. The predicted molar refractivity (Wildman–Crippen MR) is 65.4 cm³/mol. The SMILES string of the molecule is CC(C)(C)C(=O)OCC#CCN1CCOCC1. The molecule has 0 aliphatic carbocycles. The monoisotopic (exact) mass is 239 g/mol. The van der Waals surface area contributed by atoms with Crippen molar-refractivity contribution < 1.29 is 14.3 Å². The molecular formula is C13H21NO3. The molecule has 0 unspecified atom stereocenters. The summed E-state index contributed by atoms with van der Waals surface area (Å²) in [6.07, 6.45) is 0. The van der Waals surface area contributed by atoms with E-state index in [1.807, 2.05) is 20.8 Å². The minimum Gasteiger partial charge on any atom is -0.452 e. The van der Waals surface area contributed by atoms with Crippen LogP contribution in [0.15, 0.2) is 0 Å². The van der Waals surface area contributed by atoms with Crippen molar-refractivity contribution in [2.45, 2.75) is 20.8 Å². The molecule has 1 saturated heterocycles. The molecule has 0 saturated carbocycles. The number of morpholine rings is 1. The van der Waals surface area contributed by atoms with Gasteiger partial charge in [-0.1, -0.05) is 11.8 Å². The highest BCUT2D eigenvalue weighted by Crippen LogP contribution is 2.14. The van der Waals surface area contributed by atoms with Crippen LogP contribution in [0.1, 0.15) is 20.8 Å². The maximum atomic E-state index is 11.4. The van der Waals surface area contributed by atoms with Crippen LogP contribution in [-0.4, -0.2) is 50.3 Å². The fourth-order valence-electron chi connectivity index (χ4n) is 1.30. The first kappa shape index (κ1) is 14.0. The number of carbonyl (C=O) groups is 1. The number of esters is 1. The highest BCUT2D eigenvalue weighted by atomic mass is 16.5. The summed E-state index contributed by atoms with van der Waals surface area (Å²) in [5.74, 6) is 5.66. The van der Waals surface area contributed by atoms with E-state index < -0.39 is 5.41 Å². The van der Waals surface area contributed by atoms with E-state index >= 15 is 0 Å². The van der Waals surface area contributed by atoms with Gasteiger partial charge in [0, 0.05) is 13.1 Å². The third kappa shape index (κ3) is 5.71. The van der Waals surface area contributed by atoms with Crippen LogP contribution >= 0.6 is 0 Å². The summed E-state index contributed by atoms with van der Waals surface area (Å²) in [7, 11) is 0. The zero-order valence-electron chi connectivity index (χ0n) is 10.9. The van der Waals surface area contributed by atoms with Gasteiger partial charge < -0.3 is 9.47 Å². The first-order valence-electron chi connectivity index (χ1n) is 5.93. The summed E-state index contributed by atoms with van der Waals surface area (Å²) in [6, 6.07) is 0. The summed E-state index contributed by atoms with van der Waals surface area (Å²) >= 11 is 0. The Kier molecular flexibility index (Phi) is 5.46. The normalized spacial score (nSPS) is 17.1. The van der Waals surface area contributed by atoms with Crippen molar-refractivity contribution in [1.82, 2.24) is 4.90 Å². The molecule has 1 aliphatic rings. The maximum Gasteiger partial charge on any atom is 0.312 e. The molecule has 0 aromatic heterocycles. The van der Waals surface area contributed by atoms with Crippen molar-refractivity contribution in [2.24, 2.45) is 5.41 Å². The van der Waals surface area contributed by atoms with Crippen LogP contribution < -0.4 is 0 Å². The third-order valence-electron chi connectivity index (χ3n) is 2.42. The van der Waals surface area contributed by atoms with E-state index in [1.165, 1.54) is 0 Å². The van der Waals surface area contributed by atoms with Crippen LogP contribution in [-0.2, 0) is 14.3 Å². The van der Waals surface area contributed by atoms with E-state index in [1.54, 1.807) is 0 Å². The fourth-order valence-corrected chi connectivity index (χ4v) is 1.30. The molecule has 4 nitrogen and oxygen atoms in total. The second kappa shape index (κ2) is 6.63. The van der Waals surface area contributed by atoms with Crippen LogP contribution in [0.5, 0.6) is 0 Å². The third-order valence-corrected chi connectivity index (χ3v) is 2.42. The molecule has 1 fully saturated rings. The molecule has 0 bridgehead atoms. The van der Waals surface area contributed by atoms with Gasteiger partial charge in [-0.15, -0.1) is 0 Å². The zero-order chi connectivity index (χ0) is 12.7. The number of hydrogen-bond donors (Lipinski definition) is 0. The van der Waals surface area contributed by atoms with Crippen molar-refractivity contribution in [2.75, 3.05) is 39.5 Å². The van der Waals surface area contributed by atoms with Gasteiger partial charge in [0.2, 0.25) is 0 Å². The van der Waals surface area contributed by atoms with Gasteiger partial charge in [-0.2, -0.15) is 0 Å². The van der Waals surface area contributed by atoms with Gasteiger partial charge in [-0.3, -0.25) is 9.69 Å². The van der Waals surface area contributed by atoms with E-state index in [0.29, 0.717) is 0 Å². The first-order valence-corrected chi connectivity index (χ1v) is 5.93. The molecule has 1 heterocycles. The quantitative estimate of drug-likeness (QED) is 0.530. The Morgan fingerprint density at radius 1 is 1.29 bits per heavy atom. The van der Waals surface area contributed by atoms with Crippen LogP contribution in [0.4, 0.5) is 0 Å². The summed E-state index contributed by atoms with van der Waals surface area (Å²) in [5.41, 5.74) is -0.452. The summed E-state index contributed by atoms with van der Waals surface area (Å²) in [4.78, 5) is 13.6. The van der Waals surface area contributed by atoms with Gasteiger partial charge >= 0.3 is 5.97 Å². The lowest BCUT2D eigenvalue weighted by Crippen LogP contribution is -2.36. The van der Waals surface area contributed by atoms with Crippen molar-refractivity contribution in [1.29, 1.82) is 0 Å². The van der Waals surface area contributed by atoms with Gasteiger partial charge in [0.25, 0.3) is 0 Å². The van der Waals surface area contributed by atoms with Gasteiger partial charge in [0.15, 0.2) is 6.61 Å². The largest absolute Gasteiger partial charge is 0.452 e. The summed E-state index contributed by atoms with van der Waals surface area (Å²) in [5, 5.41) is 0. The van der Waals surface area contributed by atoms with E-state index in [2.05, 4.69) is 16.7 Å². The van der Waals surface area contributed by atoms with Crippen LogP contribution in [0.2, 0.25) is 0 Å². The topological polar surface area (TPSA) is 38.8 Å². The Morgan fingerprint density at radius 3 is 2.53 bits per heavy atom. The molecule has 0 amide bonds. The Labute approximate surface area is 103 Å². The Hall–Kier alpha value is -1.05. The lowest BCUT2D eigenvalue weighted by molar-refractivity contribution is -0.151. The minimum atomic E-state index is -0.452. The molecule has 0 spiro atoms. The number of ether oxygens (including phenoxy) is 2. The summed E-state index contributed by atoms with van der Waals surface area (Å²) < 4.78 is 10.3. The average molecular weight is 239 g/mol. The lowest BCUT2D eigenvalue weighted by atomic mass is 9.97. The van der Waals surface area contributed by atoms with E-state index in [-0.39, 0.29) is 12.6 Å². The van der Waals surface area contributed by atoms with E-state index in [9.17, 15) is 4.79 Å². The second-order valence-corrected chi connectivity index (χ2v) is 5.07. The van der Waals surface area contributed by atoms with Gasteiger partial charge in [-0.05, 0) is 20.8 Å². The molecule has 0 atom stereocenters. The molecule has 1 aliphatic heterocycles. The van der Waals surface area contributed by atoms with Crippen molar-refractivity contribution in [3.63, 3.8) is 0 Å². The Morgan fingerprint density at radius 2 is 1.94 bits per heavy atom. The Bertz CT molecular complexity index is 303. The summed E-state index contributed by atoms with van der Waals surface area (Å²) in [6.45, 7) is 9.80. The average Bonchev–Trinajstić information content (AvgIpc) is 2.28. The number of nitrogens with zero attached hydrogens (tertiary/aromatic N) is 1. The molecule has 0 radical (unpaired) electrons. The molecule has 0 aromatic rings. The highest BCUT2D eigenvalue weighted by Gasteiger charge is 2.22. The standard InChI is InChI=1S/C13H21NO3/c1-13(2,3)12(15)17-9-5-4-6-14-7-10-16-11-8-14/h6-11H2,1-3H3. The number of rotatable bonds is 2. The van der Waals surface area contributed by atoms with Gasteiger partial charge in [0.05, 0.1) is 25.2 Å². The highest BCUT2D eigenvalue weighted by molar-refractivity contribution is 5.75. The van der Waals surface area contributed by atoms with Crippen LogP contribution in [0.25, 0.3) is 0 Å². The van der Waals surface area contributed by atoms with Crippen molar-refractivity contribution in [3.05, 3.63) is 0 Å². The molecular weight excluding hydrogens is 218 g/mol. The number of carbonyl (C=O) groups excluding carboxylic acids is 1. The van der Waals surface area contributed by atoms with Crippen molar-refractivity contribution in [3.8, 4) is 11.8 Å². The van der Waals surface area contributed by atoms with E-state index in [4.69, 9.17) is 9.47 Å². The fraction of sp³-hybridized carbons (Fsp3) is 0.769. The molecule has 4 heteroatoms. The molecule has 1 rings (SSSR count). The molecule has 96 valence electrons. The molecule has 0 N–H and O–H groups in total. The van der Waals surface area contributed by atoms with Gasteiger partial charge in [0.1, 0.15) is 0 Å². The maximum absolute atomic E-state index is 11.4. The first-order chi connectivity index (χ1) is 8.00. The smallest absolute Gasteiger partial charge is 0.312 e. The van der Waals surface area contributed by atoms with Crippen LogP contribution in [0, 0.1) is 17.3 Å². The molecule has 0 aromatic carbocycles. The van der Waals surface area contributed by atoms with E-state index in [0.717, 1.165) is 32.8 Å². The second-order valence-electron chi connectivity index (χ2n) is 5.07. The van der Waals surface area contributed by atoms with Crippen LogP contribution in [0.3, 0.4) is 0 Å².